The van der Waals surface area contributed by atoms with Crippen molar-refractivity contribution < 1.29 is 19.0 Å². The van der Waals surface area contributed by atoms with E-state index in [0.29, 0.717) is 29.4 Å². The van der Waals surface area contributed by atoms with Crippen LogP contribution in [0.5, 0.6) is 17.2 Å². The quantitative estimate of drug-likeness (QED) is 0.728. The van der Waals surface area contributed by atoms with E-state index in [9.17, 15) is 4.79 Å². The van der Waals surface area contributed by atoms with Gasteiger partial charge in [0.05, 0.1) is 21.3 Å². The Labute approximate surface area is 131 Å². The molecule has 0 aliphatic heterocycles. The zero-order valence-electron chi connectivity index (χ0n) is 13.8. The van der Waals surface area contributed by atoms with Crippen molar-refractivity contribution in [2.75, 3.05) is 27.9 Å². The molecule has 0 fully saturated rings. The van der Waals surface area contributed by atoms with E-state index in [2.05, 4.69) is 12.2 Å². The molecule has 1 amide bonds. The molecule has 6 nitrogen and oxygen atoms in total. The highest BCUT2D eigenvalue weighted by molar-refractivity contribution is 5.95. The molecule has 6 heteroatoms. The highest BCUT2D eigenvalue weighted by Crippen LogP contribution is 2.38. The lowest BCUT2D eigenvalue weighted by Crippen LogP contribution is -2.40. The monoisotopic (exact) mass is 310 g/mol. The number of rotatable bonds is 9. The van der Waals surface area contributed by atoms with Crippen molar-refractivity contribution in [3.05, 3.63) is 17.7 Å². The summed E-state index contributed by atoms with van der Waals surface area (Å²) >= 11 is 0. The molecule has 0 aliphatic carbocycles. The first kappa shape index (κ1) is 18.1. The Kier molecular flexibility index (Phi) is 7.52. The Balaban J connectivity index is 2.97. The first-order valence-electron chi connectivity index (χ1n) is 7.42. The van der Waals surface area contributed by atoms with Crippen molar-refractivity contribution >= 4 is 5.91 Å². The van der Waals surface area contributed by atoms with Crippen LogP contribution in [0.25, 0.3) is 0 Å². The molecule has 0 spiro atoms. The third-order valence-electron chi connectivity index (χ3n) is 3.45. The second kappa shape index (κ2) is 9.15. The average Bonchev–Trinajstić information content (AvgIpc) is 2.56. The van der Waals surface area contributed by atoms with Crippen LogP contribution >= 0.6 is 0 Å². The zero-order valence-corrected chi connectivity index (χ0v) is 13.8. The average molecular weight is 310 g/mol. The van der Waals surface area contributed by atoms with Crippen molar-refractivity contribution in [3.8, 4) is 17.2 Å². The number of amides is 1. The molecule has 1 unspecified atom stereocenters. The highest BCUT2D eigenvalue weighted by Gasteiger charge is 2.18. The summed E-state index contributed by atoms with van der Waals surface area (Å²) in [5, 5.41) is 2.94. The maximum Gasteiger partial charge on any atom is 0.251 e. The lowest BCUT2D eigenvalue weighted by atomic mass is 10.1. The fraction of sp³-hybridized carbons (Fsp3) is 0.562. The summed E-state index contributed by atoms with van der Waals surface area (Å²) in [5.41, 5.74) is 6.16. The van der Waals surface area contributed by atoms with Gasteiger partial charge in [0, 0.05) is 18.2 Å². The number of benzene rings is 1. The van der Waals surface area contributed by atoms with Gasteiger partial charge in [-0.25, -0.2) is 0 Å². The Bertz CT molecular complexity index is 466. The standard InChI is InChI=1S/C16H26N2O4/c1-5-6-7-12(10-17)18-16(19)11-8-13(20-2)15(22-4)14(9-11)21-3/h8-9,12H,5-7,10,17H2,1-4H3,(H,18,19). The minimum atomic E-state index is -0.203. The Hall–Kier alpha value is -1.95. The van der Waals surface area contributed by atoms with Crippen LogP contribution < -0.4 is 25.3 Å². The number of hydrogen-bond donors (Lipinski definition) is 2. The van der Waals surface area contributed by atoms with Gasteiger partial charge in [0.1, 0.15) is 0 Å². The summed E-state index contributed by atoms with van der Waals surface area (Å²) in [4.78, 5) is 12.4. The molecular formula is C16H26N2O4. The van der Waals surface area contributed by atoms with E-state index in [1.165, 1.54) is 21.3 Å². The van der Waals surface area contributed by atoms with Crippen molar-refractivity contribution in [1.29, 1.82) is 0 Å². The van der Waals surface area contributed by atoms with Gasteiger partial charge < -0.3 is 25.3 Å². The van der Waals surface area contributed by atoms with Crippen molar-refractivity contribution in [3.63, 3.8) is 0 Å². The maximum atomic E-state index is 12.4. The Morgan fingerprint density at radius 3 is 2.18 bits per heavy atom. The normalized spacial score (nSPS) is 11.7. The minimum absolute atomic E-state index is 0.0356. The number of carbonyl (C=O) groups excluding carboxylic acids is 1. The summed E-state index contributed by atoms with van der Waals surface area (Å²) in [6.07, 6.45) is 2.96. The molecule has 22 heavy (non-hydrogen) atoms. The lowest BCUT2D eigenvalue weighted by molar-refractivity contribution is 0.0935. The van der Waals surface area contributed by atoms with Gasteiger partial charge in [-0.1, -0.05) is 19.8 Å². The van der Waals surface area contributed by atoms with Crippen LogP contribution in [0, 0.1) is 0 Å². The molecule has 124 valence electrons. The van der Waals surface area contributed by atoms with E-state index in [1.54, 1.807) is 12.1 Å². The predicted octanol–water partition coefficient (Wildman–Crippen LogP) is 1.96. The molecule has 0 aliphatic rings. The number of carbonyl (C=O) groups is 1. The third kappa shape index (κ3) is 4.53. The molecule has 1 atom stereocenters. The summed E-state index contributed by atoms with van der Waals surface area (Å²) in [6.45, 7) is 2.52. The SMILES string of the molecule is CCCCC(CN)NC(=O)c1cc(OC)c(OC)c(OC)c1. The van der Waals surface area contributed by atoms with Gasteiger partial charge in [-0.15, -0.1) is 0 Å². The van der Waals surface area contributed by atoms with Gasteiger partial charge in [0.25, 0.3) is 5.91 Å². The summed E-state index contributed by atoms with van der Waals surface area (Å²) in [7, 11) is 4.56. The second-order valence-electron chi connectivity index (χ2n) is 4.96. The van der Waals surface area contributed by atoms with Crippen LogP contribution in [0.15, 0.2) is 12.1 Å². The van der Waals surface area contributed by atoms with Crippen LogP contribution in [0.4, 0.5) is 0 Å². The van der Waals surface area contributed by atoms with Gasteiger partial charge in [-0.2, -0.15) is 0 Å². The van der Waals surface area contributed by atoms with Crippen LogP contribution in [0.2, 0.25) is 0 Å². The zero-order chi connectivity index (χ0) is 16.5. The van der Waals surface area contributed by atoms with E-state index in [0.717, 1.165) is 19.3 Å². The van der Waals surface area contributed by atoms with Crippen LogP contribution in [0.1, 0.15) is 36.5 Å². The molecule has 3 N–H and O–H groups in total. The number of ether oxygens (including phenoxy) is 3. The van der Waals surface area contributed by atoms with Crippen molar-refractivity contribution in [2.24, 2.45) is 5.73 Å². The molecule has 0 saturated heterocycles. The number of hydrogen-bond acceptors (Lipinski definition) is 5. The molecule has 1 rings (SSSR count). The van der Waals surface area contributed by atoms with Crippen LogP contribution in [0.3, 0.4) is 0 Å². The lowest BCUT2D eigenvalue weighted by Gasteiger charge is -2.18. The first-order valence-corrected chi connectivity index (χ1v) is 7.42. The molecular weight excluding hydrogens is 284 g/mol. The first-order chi connectivity index (χ1) is 10.6. The molecule has 0 radical (unpaired) electrons. The Morgan fingerprint density at radius 2 is 1.77 bits per heavy atom. The molecule has 0 heterocycles. The number of nitrogens with one attached hydrogen (secondary N) is 1. The van der Waals surface area contributed by atoms with Crippen LogP contribution in [-0.4, -0.2) is 39.8 Å². The van der Waals surface area contributed by atoms with E-state index in [-0.39, 0.29) is 11.9 Å². The molecule has 1 aromatic carbocycles. The van der Waals surface area contributed by atoms with E-state index >= 15 is 0 Å². The fourth-order valence-electron chi connectivity index (χ4n) is 2.18. The molecule has 0 saturated carbocycles. The summed E-state index contributed by atoms with van der Waals surface area (Å²) in [6, 6.07) is 3.22. The third-order valence-corrected chi connectivity index (χ3v) is 3.45. The van der Waals surface area contributed by atoms with Gasteiger partial charge in [-0.3, -0.25) is 4.79 Å². The topological polar surface area (TPSA) is 82.8 Å². The predicted molar refractivity (Wildman–Crippen MR) is 85.9 cm³/mol. The minimum Gasteiger partial charge on any atom is -0.493 e. The van der Waals surface area contributed by atoms with Crippen molar-refractivity contribution in [2.45, 2.75) is 32.2 Å². The molecule has 0 aromatic heterocycles. The fourth-order valence-corrected chi connectivity index (χ4v) is 2.18. The number of unbranched alkanes of at least 4 members (excludes halogenated alkanes) is 1. The van der Waals surface area contributed by atoms with Crippen LogP contribution in [-0.2, 0) is 0 Å². The Morgan fingerprint density at radius 1 is 1.18 bits per heavy atom. The summed E-state index contributed by atoms with van der Waals surface area (Å²) in [5.74, 6) is 1.16. The largest absolute Gasteiger partial charge is 0.493 e. The van der Waals surface area contributed by atoms with Crippen molar-refractivity contribution in [1.82, 2.24) is 5.32 Å². The maximum absolute atomic E-state index is 12.4. The van der Waals surface area contributed by atoms with Gasteiger partial charge >= 0.3 is 0 Å². The molecule has 0 bridgehead atoms. The molecule has 1 aromatic rings. The second-order valence-corrected chi connectivity index (χ2v) is 4.96. The summed E-state index contributed by atoms with van der Waals surface area (Å²) < 4.78 is 15.8. The van der Waals surface area contributed by atoms with Gasteiger partial charge in [-0.05, 0) is 18.6 Å². The van der Waals surface area contributed by atoms with E-state index < -0.39 is 0 Å². The number of nitrogens with two attached hydrogens (primary N) is 1. The van der Waals surface area contributed by atoms with E-state index in [1.807, 2.05) is 0 Å². The highest BCUT2D eigenvalue weighted by atomic mass is 16.5. The van der Waals surface area contributed by atoms with E-state index in [4.69, 9.17) is 19.9 Å². The number of methoxy groups -OCH3 is 3. The van der Waals surface area contributed by atoms with Gasteiger partial charge in [0.15, 0.2) is 11.5 Å². The van der Waals surface area contributed by atoms with Gasteiger partial charge in [0.2, 0.25) is 5.75 Å². The smallest absolute Gasteiger partial charge is 0.251 e.